The van der Waals surface area contributed by atoms with Gasteiger partial charge in [-0.25, -0.2) is 14.4 Å². The van der Waals surface area contributed by atoms with Crippen molar-refractivity contribution >= 4 is 39.7 Å². The summed E-state index contributed by atoms with van der Waals surface area (Å²) in [6.45, 7) is 5.40. The van der Waals surface area contributed by atoms with E-state index >= 15 is 4.39 Å². The molecule has 5 aromatic rings. The van der Waals surface area contributed by atoms with Gasteiger partial charge in [-0.1, -0.05) is 18.1 Å². The summed E-state index contributed by atoms with van der Waals surface area (Å²) in [5, 5.41) is 3.53. The van der Waals surface area contributed by atoms with Crippen LogP contribution in [0.25, 0.3) is 11.0 Å². The number of piperazine rings is 1. The molecule has 47 heavy (non-hydrogen) atoms. The van der Waals surface area contributed by atoms with Crippen molar-refractivity contribution in [3.05, 3.63) is 104 Å². The molecule has 1 unspecified atom stereocenters. The van der Waals surface area contributed by atoms with E-state index in [2.05, 4.69) is 41.9 Å². The minimum absolute atomic E-state index is 0.0627. The van der Waals surface area contributed by atoms with Gasteiger partial charge in [0, 0.05) is 47.8 Å². The molecule has 3 aromatic heterocycles. The molecule has 240 valence electrons. The smallest absolute Gasteiger partial charge is 0.366 e. The average molecular weight is 660 g/mol. The molecule has 0 radical (unpaired) electrons. The zero-order chi connectivity index (χ0) is 32.7. The molecule has 0 bridgehead atoms. The Morgan fingerprint density at radius 1 is 1.04 bits per heavy atom. The number of alkyl halides is 3. The first-order chi connectivity index (χ1) is 22.6. The molecule has 0 saturated carbocycles. The third kappa shape index (κ3) is 6.43. The van der Waals surface area contributed by atoms with Crippen molar-refractivity contribution in [1.82, 2.24) is 24.4 Å². The van der Waals surface area contributed by atoms with Gasteiger partial charge in [-0.3, -0.25) is 14.3 Å². The van der Waals surface area contributed by atoms with Crippen molar-refractivity contribution in [1.29, 1.82) is 0 Å². The van der Waals surface area contributed by atoms with Crippen molar-refractivity contribution in [2.45, 2.75) is 38.5 Å². The Kier molecular flexibility index (Phi) is 8.15. The van der Waals surface area contributed by atoms with Gasteiger partial charge < -0.3 is 10.2 Å². The number of halogens is 4. The van der Waals surface area contributed by atoms with Crippen LogP contribution in [-0.2, 0) is 12.7 Å². The summed E-state index contributed by atoms with van der Waals surface area (Å²) < 4.78 is 56.3. The maximum Gasteiger partial charge on any atom is 0.416 e. The summed E-state index contributed by atoms with van der Waals surface area (Å²) in [6, 6.07) is 11.6. The van der Waals surface area contributed by atoms with Crippen LogP contribution >= 0.6 is 11.3 Å². The molecule has 5 heterocycles. The fraction of sp³-hybridized carbons (Fsp3) is 0.294. The Hall–Kier alpha value is -4.80. The van der Waals surface area contributed by atoms with Crippen molar-refractivity contribution in [3.8, 4) is 11.8 Å². The zero-order valence-electron chi connectivity index (χ0n) is 25.3. The van der Waals surface area contributed by atoms with Crippen LogP contribution in [0.5, 0.6) is 0 Å². The molecule has 0 spiro atoms. The number of aryl methyl sites for hydroxylation is 1. The van der Waals surface area contributed by atoms with Crippen molar-refractivity contribution in [2.75, 3.05) is 36.4 Å². The van der Waals surface area contributed by atoms with Crippen LogP contribution in [-0.4, -0.2) is 56.6 Å². The highest BCUT2D eigenvalue weighted by atomic mass is 32.1. The summed E-state index contributed by atoms with van der Waals surface area (Å²) in [7, 11) is 0. The first kappa shape index (κ1) is 30.8. The van der Waals surface area contributed by atoms with E-state index in [4.69, 9.17) is 0 Å². The minimum atomic E-state index is -4.48. The molecule has 2 aromatic carbocycles. The first-order valence-corrected chi connectivity index (χ1v) is 16.0. The maximum absolute atomic E-state index is 15.4. The van der Waals surface area contributed by atoms with Crippen molar-refractivity contribution in [2.24, 2.45) is 0 Å². The Morgan fingerprint density at radius 3 is 2.62 bits per heavy atom. The second kappa shape index (κ2) is 12.4. The van der Waals surface area contributed by atoms with E-state index in [-0.39, 0.29) is 29.5 Å². The molecule has 8 nitrogen and oxygen atoms in total. The normalized spacial score (nSPS) is 16.6. The molecule has 0 aliphatic carbocycles. The molecular weight excluding hydrogens is 630 g/mol. The topological polar surface area (TPSA) is 79.2 Å². The third-order valence-corrected chi connectivity index (χ3v) is 9.40. The Bertz CT molecular complexity index is 2080. The van der Waals surface area contributed by atoms with Crippen LogP contribution in [0.1, 0.15) is 40.1 Å². The lowest BCUT2D eigenvalue weighted by Crippen LogP contribution is -2.50. The number of rotatable bonds is 5. The summed E-state index contributed by atoms with van der Waals surface area (Å²) in [6.07, 6.45) is -0.657. The van der Waals surface area contributed by atoms with Gasteiger partial charge in [0.2, 0.25) is 5.95 Å². The van der Waals surface area contributed by atoms with E-state index < -0.39 is 17.3 Å². The van der Waals surface area contributed by atoms with E-state index in [1.165, 1.54) is 46.7 Å². The van der Waals surface area contributed by atoms with Crippen LogP contribution < -0.4 is 15.8 Å². The summed E-state index contributed by atoms with van der Waals surface area (Å²) in [5.41, 5.74) is 2.82. The zero-order valence-corrected chi connectivity index (χ0v) is 26.1. The average Bonchev–Trinajstić information content (AvgIpc) is 3.69. The molecular formula is C34H29F4N7OS. The molecule has 0 amide bonds. The van der Waals surface area contributed by atoms with Gasteiger partial charge in [0.25, 0.3) is 5.56 Å². The number of benzene rings is 2. The minimum Gasteiger partial charge on any atom is -0.366 e. The second-order valence-electron chi connectivity index (χ2n) is 11.7. The highest BCUT2D eigenvalue weighted by molar-refractivity contribution is 7.09. The molecule has 7 rings (SSSR count). The Morgan fingerprint density at radius 2 is 1.87 bits per heavy atom. The van der Waals surface area contributed by atoms with E-state index in [0.717, 1.165) is 49.6 Å². The number of thiazole rings is 1. The van der Waals surface area contributed by atoms with Crippen LogP contribution in [0.2, 0.25) is 0 Å². The largest absolute Gasteiger partial charge is 0.416 e. The van der Waals surface area contributed by atoms with E-state index in [9.17, 15) is 18.0 Å². The summed E-state index contributed by atoms with van der Waals surface area (Å²) >= 11 is 1.44. The van der Waals surface area contributed by atoms with Crippen molar-refractivity contribution < 1.29 is 17.6 Å². The SMILES string of the molecule is Cc1scnc1C#Cc1cc2cnc(Nc3ccc(N4CCN5CCCC5C4)c(F)c3)nc2n(Cc2ccc(C(F)(F)F)cc2)c1=O. The Labute approximate surface area is 271 Å². The number of hydrogen-bond acceptors (Lipinski definition) is 8. The molecule has 13 heteroatoms. The van der Waals surface area contributed by atoms with Gasteiger partial charge in [0.05, 0.1) is 28.9 Å². The first-order valence-electron chi connectivity index (χ1n) is 15.2. The van der Waals surface area contributed by atoms with Crippen molar-refractivity contribution in [3.63, 3.8) is 0 Å². The van der Waals surface area contributed by atoms with Gasteiger partial charge >= 0.3 is 6.18 Å². The predicted octanol–water partition coefficient (Wildman–Crippen LogP) is 6.19. The number of fused-ring (bicyclic) bond motifs is 2. The lowest BCUT2D eigenvalue weighted by molar-refractivity contribution is -0.137. The lowest BCUT2D eigenvalue weighted by atomic mass is 10.1. The molecule has 2 fully saturated rings. The van der Waals surface area contributed by atoms with Crippen LogP contribution in [0, 0.1) is 24.6 Å². The number of hydrogen-bond donors (Lipinski definition) is 1. The molecule has 2 aliphatic rings. The van der Waals surface area contributed by atoms with Gasteiger partial charge in [-0.05, 0) is 74.2 Å². The number of anilines is 3. The monoisotopic (exact) mass is 659 g/mol. The Balaban J connectivity index is 1.21. The van der Waals surface area contributed by atoms with Crippen LogP contribution in [0.15, 0.2) is 65.0 Å². The molecule has 1 N–H and O–H groups in total. The molecule has 1 atom stereocenters. The summed E-state index contributed by atoms with van der Waals surface area (Å²) in [4.78, 5) is 32.4. The number of pyridine rings is 1. The number of nitrogens with zero attached hydrogens (tertiary/aromatic N) is 6. The lowest BCUT2D eigenvalue weighted by Gasteiger charge is -2.39. The van der Waals surface area contributed by atoms with Gasteiger partial charge in [-0.15, -0.1) is 11.3 Å². The third-order valence-electron chi connectivity index (χ3n) is 8.64. The van der Waals surface area contributed by atoms with Gasteiger partial charge in [0.15, 0.2) is 0 Å². The highest BCUT2D eigenvalue weighted by Crippen LogP contribution is 2.31. The molecule has 2 aliphatic heterocycles. The van der Waals surface area contributed by atoms with Gasteiger partial charge in [0.1, 0.15) is 17.2 Å². The summed E-state index contributed by atoms with van der Waals surface area (Å²) in [5.74, 6) is 5.60. The van der Waals surface area contributed by atoms with E-state index in [0.29, 0.717) is 34.1 Å². The standard InChI is InChI=1S/C34H29F4N7OS/c1-21-29(40-20-47-21)10-6-23-15-24-17-39-33(42-31(24)45(32(23)46)18-22-4-7-25(8-5-22)34(36,37)38)41-26-9-11-30(28(35)16-26)44-14-13-43-12-2-3-27(43)19-44/h4-5,7-9,11,15-17,20,27H,2-3,12-14,18-19H2,1H3,(H,39,41,42). The quantitative estimate of drug-likeness (QED) is 0.178. The van der Waals surface area contributed by atoms with Gasteiger partial charge in [-0.2, -0.15) is 18.2 Å². The maximum atomic E-state index is 15.4. The second-order valence-corrected chi connectivity index (χ2v) is 12.8. The van der Waals surface area contributed by atoms with Crippen LogP contribution in [0.3, 0.4) is 0 Å². The van der Waals surface area contributed by atoms with Crippen LogP contribution in [0.4, 0.5) is 34.9 Å². The highest BCUT2D eigenvalue weighted by Gasteiger charge is 2.32. The number of aromatic nitrogens is 4. The number of nitrogens with one attached hydrogen (secondary N) is 1. The predicted molar refractivity (Wildman–Crippen MR) is 174 cm³/mol. The fourth-order valence-corrected chi connectivity index (χ4v) is 6.70. The molecule has 2 saturated heterocycles. The van der Waals surface area contributed by atoms with E-state index in [1.54, 1.807) is 23.7 Å². The van der Waals surface area contributed by atoms with E-state index in [1.807, 2.05) is 6.92 Å². The fourth-order valence-electron chi connectivity index (χ4n) is 6.17.